The fourth-order valence-corrected chi connectivity index (χ4v) is 4.20. The Balaban J connectivity index is 2.44. The molecule has 1 unspecified atom stereocenters. The molecule has 1 aromatic heterocycles. The molecule has 2 nitrogen and oxygen atoms in total. The van der Waals surface area contributed by atoms with E-state index in [2.05, 4.69) is 75.4 Å². The van der Waals surface area contributed by atoms with Gasteiger partial charge in [-0.15, -0.1) is 11.3 Å². The quantitative estimate of drug-likeness (QED) is 0.601. The van der Waals surface area contributed by atoms with E-state index in [1.165, 1.54) is 21.6 Å². The zero-order chi connectivity index (χ0) is 13.3. The Bertz CT molecular complexity index is 526. The highest BCUT2D eigenvalue weighted by Crippen LogP contribution is 2.37. The van der Waals surface area contributed by atoms with Gasteiger partial charge in [-0.1, -0.05) is 29.3 Å². The van der Waals surface area contributed by atoms with Crippen molar-refractivity contribution < 1.29 is 0 Å². The average Bonchev–Trinajstić information content (AvgIpc) is 2.58. The first kappa shape index (κ1) is 14.2. The molecule has 0 aliphatic heterocycles. The summed E-state index contributed by atoms with van der Waals surface area (Å²) in [5.74, 6) is 5.72. The van der Waals surface area contributed by atoms with Gasteiger partial charge in [0.1, 0.15) is 0 Å². The van der Waals surface area contributed by atoms with E-state index in [0.717, 1.165) is 8.26 Å². The van der Waals surface area contributed by atoms with E-state index < -0.39 is 0 Å². The van der Waals surface area contributed by atoms with E-state index in [-0.39, 0.29) is 6.04 Å². The number of aryl methyl sites for hydroxylation is 2. The van der Waals surface area contributed by atoms with E-state index >= 15 is 0 Å². The number of benzene rings is 1. The molecule has 0 bridgehead atoms. The van der Waals surface area contributed by atoms with Crippen LogP contribution in [-0.4, -0.2) is 0 Å². The molecule has 0 saturated heterocycles. The van der Waals surface area contributed by atoms with Gasteiger partial charge in [0.15, 0.2) is 0 Å². The van der Waals surface area contributed by atoms with Gasteiger partial charge in [0.25, 0.3) is 0 Å². The maximum absolute atomic E-state index is 5.72. The summed E-state index contributed by atoms with van der Waals surface area (Å²) in [5, 5.41) is 0. The molecule has 0 radical (unpaired) electrons. The molecule has 3 N–H and O–H groups in total. The first-order valence-electron chi connectivity index (χ1n) is 5.50. The van der Waals surface area contributed by atoms with E-state index in [4.69, 9.17) is 5.84 Å². The summed E-state index contributed by atoms with van der Waals surface area (Å²) in [6.45, 7) is 4.20. The number of rotatable bonds is 3. The second-order valence-electron chi connectivity index (χ2n) is 4.29. The summed E-state index contributed by atoms with van der Waals surface area (Å²) in [7, 11) is 0. The minimum Gasteiger partial charge on any atom is -0.271 e. The SMILES string of the molecule is Cc1cc(C)cc(C(NN)c2cc(Br)c(Br)s2)c1. The summed E-state index contributed by atoms with van der Waals surface area (Å²) in [6.07, 6.45) is 0. The third-order valence-electron chi connectivity index (χ3n) is 2.69. The number of nitrogens with one attached hydrogen (secondary N) is 1. The molecule has 0 fully saturated rings. The summed E-state index contributed by atoms with van der Waals surface area (Å²) in [5.41, 5.74) is 6.59. The molecule has 0 aliphatic carbocycles. The van der Waals surface area contributed by atoms with Crippen molar-refractivity contribution in [2.24, 2.45) is 5.84 Å². The standard InChI is InChI=1S/C13H14Br2N2S/c1-7-3-8(2)5-9(4-7)12(17-16)11-6-10(14)13(15)18-11/h3-6,12,17H,16H2,1-2H3. The highest BCUT2D eigenvalue weighted by molar-refractivity contribution is 9.13. The van der Waals surface area contributed by atoms with Crippen LogP contribution < -0.4 is 11.3 Å². The fourth-order valence-electron chi connectivity index (χ4n) is 2.02. The van der Waals surface area contributed by atoms with Gasteiger partial charge in [-0.05, 0) is 57.3 Å². The summed E-state index contributed by atoms with van der Waals surface area (Å²) < 4.78 is 2.15. The van der Waals surface area contributed by atoms with Crippen LogP contribution in [-0.2, 0) is 0 Å². The molecule has 0 spiro atoms. The molecule has 1 heterocycles. The molecule has 2 aromatic rings. The molecule has 96 valence electrons. The molecule has 1 atom stereocenters. The van der Waals surface area contributed by atoms with Gasteiger partial charge >= 0.3 is 0 Å². The van der Waals surface area contributed by atoms with Crippen molar-refractivity contribution in [3.63, 3.8) is 0 Å². The predicted molar refractivity (Wildman–Crippen MR) is 84.8 cm³/mol. The normalized spacial score (nSPS) is 12.7. The van der Waals surface area contributed by atoms with Crippen LogP contribution in [0.5, 0.6) is 0 Å². The monoisotopic (exact) mass is 388 g/mol. The van der Waals surface area contributed by atoms with Gasteiger partial charge in [-0.2, -0.15) is 0 Å². The Hall–Kier alpha value is -0.200. The number of hydrogen-bond acceptors (Lipinski definition) is 3. The van der Waals surface area contributed by atoms with Gasteiger partial charge in [-0.25, -0.2) is 5.43 Å². The van der Waals surface area contributed by atoms with Crippen LogP contribution in [0.4, 0.5) is 0 Å². The van der Waals surface area contributed by atoms with E-state index in [0.29, 0.717) is 0 Å². The predicted octanol–water partition coefficient (Wildman–Crippen LogP) is 4.44. The molecule has 0 saturated carbocycles. The highest BCUT2D eigenvalue weighted by Gasteiger charge is 2.17. The number of hydrazine groups is 1. The van der Waals surface area contributed by atoms with Crippen LogP contribution in [0.2, 0.25) is 0 Å². The van der Waals surface area contributed by atoms with Crippen molar-refractivity contribution in [2.75, 3.05) is 0 Å². The Morgan fingerprint density at radius 1 is 1.11 bits per heavy atom. The van der Waals surface area contributed by atoms with Crippen molar-refractivity contribution in [3.05, 3.63) is 54.1 Å². The van der Waals surface area contributed by atoms with Crippen LogP contribution >= 0.6 is 43.2 Å². The molecule has 18 heavy (non-hydrogen) atoms. The largest absolute Gasteiger partial charge is 0.271 e. The molecule has 5 heteroatoms. The van der Waals surface area contributed by atoms with Crippen LogP contribution in [0.15, 0.2) is 32.5 Å². The molecule has 2 rings (SSSR count). The van der Waals surface area contributed by atoms with Gasteiger partial charge < -0.3 is 0 Å². The molecule has 0 amide bonds. The lowest BCUT2D eigenvalue weighted by Gasteiger charge is -2.16. The lowest BCUT2D eigenvalue weighted by molar-refractivity contribution is 0.645. The minimum absolute atomic E-state index is 0.0243. The summed E-state index contributed by atoms with van der Waals surface area (Å²) >= 11 is 8.71. The molecular weight excluding hydrogens is 376 g/mol. The van der Waals surface area contributed by atoms with Crippen molar-refractivity contribution in [2.45, 2.75) is 19.9 Å². The lowest BCUT2D eigenvalue weighted by Crippen LogP contribution is -2.28. The van der Waals surface area contributed by atoms with Gasteiger partial charge in [-0.3, -0.25) is 5.84 Å². The van der Waals surface area contributed by atoms with Crippen LogP contribution in [0, 0.1) is 13.8 Å². The minimum atomic E-state index is 0.0243. The lowest BCUT2D eigenvalue weighted by atomic mass is 10.0. The summed E-state index contributed by atoms with van der Waals surface area (Å²) in [6, 6.07) is 8.61. The fraction of sp³-hybridized carbons (Fsp3) is 0.231. The Kier molecular flexibility index (Phi) is 4.61. The maximum atomic E-state index is 5.72. The molecular formula is C13H14Br2N2S. The number of halogens is 2. The summed E-state index contributed by atoms with van der Waals surface area (Å²) in [4.78, 5) is 1.18. The van der Waals surface area contributed by atoms with E-state index in [1.54, 1.807) is 11.3 Å². The van der Waals surface area contributed by atoms with Crippen LogP contribution in [0.1, 0.15) is 27.6 Å². The Morgan fingerprint density at radius 3 is 2.17 bits per heavy atom. The zero-order valence-corrected chi connectivity index (χ0v) is 14.1. The van der Waals surface area contributed by atoms with Crippen molar-refractivity contribution in [1.29, 1.82) is 0 Å². The topological polar surface area (TPSA) is 38.0 Å². The van der Waals surface area contributed by atoms with Crippen molar-refractivity contribution in [1.82, 2.24) is 5.43 Å². The van der Waals surface area contributed by atoms with Gasteiger partial charge in [0.05, 0.1) is 9.83 Å². The third kappa shape index (κ3) is 3.03. The highest BCUT2D eigenvalue weighted by atomic mass is 79.9. The number of hydrogen-bond donors (Lipinski definition) is 2. The van der Waals surface area contributed by atoms with Crippen LogP contribution in [0.3, 0.4) is 0 Å². The first-order valence-corrected chi connectivity index (χ1v) is 7.90. The van der Waals surface area contributed by atoms with Crippen LogP contribution in [0.25, 0.3) is 0 Å². The van der Waals surface area contributed by atoms with E-state index in [1.807, 2.05) is 0 Å². The van der Waals surface area contributed by atoms with E-state index in [9.17, 15) is 0 Å². The zero-order valence-electron chi connectivity index (χ0n) is 10.1. The first-order chi connectivity index (χ1) is 8.51. The number of nitrogens with two attached hydrogens (primary N) is 1. The second-order valence-corrected chi connectivity index (χ2v) is 7.55. The van der Waals surface area contributed by atoms with Gasteiger partial charge in [0.2, 0.25) is 0 Å². The van der Waals surface area contributed by atoms with Crippen molar-refractivity contribution >= 4 is 43.2 Å². The molecule has 1 aromatic carbocycles. The Labute approximate surface area is 128 Å². The van der Waals surface area contributed by atoms with Crippen molar-refractivity contribution in [3.8, 4) is 0 Å². The number of thiophene rings is 1. The second kappa shape index (κ2) is 5.84. The Morgan fingerprint density at radius 2 is 1.72 bits per heavy atom. The molecule has 0 aliphatic rings. The smallest absolute Gasteiger partial charge is 0.0843 e. The average molecular weight is 390 g/mol. The third-order valence-corrected chi connectivity index (χ3v) is 6.01. The van der Waals surface area contributed by atoms with Gasteiger partial charge in [0, 0.05) is 9.35 Å². The maximum Gasteiger partial charge on any atom is 0.0843 e.